The molecule has 0 atom stereocenters. The average Bonchev–Trinajstić information content (AvgIpc) is 2.96. The van der Waals surface area contributed by atoms with E-state index in [0.29, 0.717) is 6.54 Å². The molecule has 1 aromatic rings. The van der Waals surface area contributed by atoms with E-state index in [1.807, 2.05) is 11.6 Å². The van der Waals surface area contributed by atoms with E-state index in [-0.39, 0.29) is 0 Å². The first kappa shape index (κ1) is 11.9. The molecule has 1 N–H and O–H groups in total. The number of aliphatic imine (C=N–C) groups is 1. The topological polar surface area (TPSA) is 58.3 Å². The molecule has 1 saturated heterocycles. The molecule has 94 valence electrons. The second kappa shape index (κ2) is 5.65. The predicted octanol–water partition coefficient (Wildman–Crippen LogP) is 0.376. The lowest BCUT2D eigenvalue weighted by molar-refractivity contribution is 0.493. The number of hydrogen-bond acceptors (Lipinski definition) is 3. The van der Waals surface area contributed by atoms with E-state index in [1.165, 1.54) is 12.8 Å². The second-order valence-electron chi connectivity index (χ2n) is 4.22. The maximum atomic E-state index is 4.61. The van der Waals surface area contributed by atoms with Gasteiger partial charge in [0.25, 0.3) is 0 Å². The molecule has 0 bridgehead atoms. The maximum Gasteiger partial charge on any atom is 0.194 e. The Morgan fingerprint density at radius 2 is 2.24 bits per heavy atom. The zero-order valence-corrected chi connectivity index (χ0v) is 10.6. The smallest absolute Gasteiger partial charge is 0.194 e. The van der Waals surface area contributed by atoms with E-state index in [1.54, 1.807) is 6.33 Å². The van der Waals surface area contributed by atoms with Gasteiger partial charge in [-0.2, -0.15) is 0 Å². The van der Waals surface area contributed by atoms with Crippen molar-refractivity contribution in [2.75, 3.05) is 19.6 Å². The molecule has 2 heterocycles. The number of nitrogens with zero attached hydrogens (tertiary/aromatic N) is 5. The van der Waals surface area contributed by atoms with Gasteiger partial charge >= 0.3 is 0 Å². The van der Waals surface area contributed by atoms with Crippen molar-refractivity contribution in [3.63, 3.8) is 0 Å². The summed E-state index contributed by atoms with van der Waals surface area (Å²) in [5.41, 5.74) is 0. The van der Waals surface area contributed by atoms with Crippen LogP contribution in [0.5, 0.6) is 0 Å². The van der Waals surface area contributed by atoms with Crippen LogP contribution in [0, 0.1) is 0 Å². The van der Waals surface area contributed by atoms with Crippen LogP contribution in [0.25, 0.3) is 0 Å². The van der Waals surface area contributed by atoms with Crippen molar-refractivity contribution in [2.24, 2.45) is 12.0 Å². The normalized spacial score (nSPS) is 16.6. The van der Waals surface area contributed by atoms with Gasteiger partial charge in [0.15, 0.2) is 11.8 Å². The molecular formula is C11H20N6. The molecule has 2 rings (SSSR count). The Morgan fingerprint density at radius 1 is 1.47 bits per heavy atom. The van der Waals surface area contributed by atoms with Crippen molar-refractivity contribution in [2.45, 2.75) is 26.3 Å². The molecule has 6 heteroatoms. The zero-order chi connectivity index (χ0) is 12.1. The van der Waals surface area contributed by atoms with E-state index in [4.69, 9.17) is 0 Å². The summed E-state index contributed by atoms with van der Waals surface area (Å²) in [6.45, 7) is 5.77. The third-order valence-electron chi connectivity index (χ3n) is 2.92. The maximum absolute atomic E-state index is 4.61. The number of aromatic nitrogens is 3. The number of likely N-dealkylation sites (tertiary alicyclic amines) is 1. The Morgan fingerprint density at radius 3 is 2.82 bits per heavy atom. The monoisotopic (exact) mass is 236 g/mol. The lowest BCUT2D eigenvalue weighted by Crippen LogP contribution is -2.39. The summed E-state index contributed by atoms with van der Waals surface area (Å²) in [6.07, 6.45) is 4.22. The molecule has 1 aliphatic heterocycles. The molecule has 0 spiro atoms. The van der Waals surface area contributed by atoms with Crippen LogP contribution in [-0.4, -0.2) is 45.3 Å². The van der Waals surface area contributed by atoms with E-state index in [9.17, 15) is 0 Å². The number of guanidine groups is 1. The first-order valence-corrected chi connectivity index (χ1v) is 6.17. The highest BCUT2D eigenvalue weighted by molar-refractivity contribution is 5.80. The number of rotatable bonds is 3. The third kappa shape index (κ3) is 2.95. The van der Waals surface area contributed by atoms with Crippen molar-refractivity contribution in [1.82, 2.24) is 25.0 Å². The van der Waals surface area contributed by atoms with Crippen molar-refractivity contribution < 1.29 is 0 Å². The number of nitrogens with one attached hydrogen (secondary N) is 1. The summed E-state index contributed by atoms with van der Waals surface area (Å²) < 4.78 is 1.90. The fraction of sp³-hybridized carbons (Fsp3) is 0.727. The third-order valence-corrected chi connectivity index (χ3v) is 2.92. The van der Waals surface area contributed by atoms with Crippen molar-refractivity contribution in [1.29, 1.82) is 0 Å². The summed E-state index contributed by atoms with van der Waals surface area (Å²) in [4.78, 5) is 6.91. The Kier molecular flexibility index (Phi) is 3.95. The standard InChI is InChI=1S/C11H20N6/c1-3-12-11(17-6-4-5-7-17)13-8-10-15-14-9-16(10)2/h9H,3-8H2,1-2H3,(H,12,13). The zero-order valence-electron chi connectivity index (χ0n) is 10.6. The van der Waals surface area contributed by atoms with Crippen LogP contribution in [0.3, 0.4) is 0 Å². The van der Waals surface area contributed by atoms with Crippen LogP contribution in [0.2, 0.25) is 0 Å². The summed E-state index contributed by atoms with van der Waals surface area (Å²) in [5.74, 6) is 1.88. The second-order valence-corrected chi connectivity index (χ2v) is 4.22. The SMILES string of the molecule is CCNC(=NCc1nncn1C)N1CCCC1. The Bertz CT molecular complexity index is 377. The molecule has 0 unspecified atom stereocenters. The lowest BCUT2D eigenvalue weighted by atomic mass is 10.4. The van der Waals surface area contributed by atoms with E-state index < -0.39 is 0 Å². The van der Waals surface area contributed by atoms with Gasteiger partial charge < -0.3 is 14.8 Å². The van der Waals surface area contributed by atoms with Crippen molar-refractivity contribution in [3.05, 3.63) is 12.2 Å². The largest absolute Gasteiger partial charge is 0.357 e. The molecule has 0 radical (unpaired) electrons. The van der Waals surface area contributed by atoms with Crippen molar-refractivity contribution >= 4 is 5.96 Å². The Hall–Kier alpha value is -1.59. The van der Waals surface area contributed by atoms with Gasteiger partial charge in [-0.3, -0.25) is 0 Å². The van der Waals surface area contributed by atoms with Gasteiger partial charge in [-0.1, -0.05) is 0 Å². The summed E-state index contributed by atoms with van der Waals surface area (Å²) in [5, 5.41) is 11.2. The number of hydrogen-bond donors (Lipinski definition) is 1. The molecule has 1 aromatic heterocycles. The molecule has 0 aromatic carbocycles. The fourth-order valence-corrected chi connectivity index (χ4v) is 1.95. The van der Waals surface area contributed by atoms with Gasteiger partial charge in [0.2, 0.25) is 0 Å². The van der Waals surface area contributed by atoms with Crippen LogP contribution < -0.4 is 5.32 Å². The molecule has 0 aliphatic carbocycles. The van der Waals surface area contributed by atoms with Crippen LogP contribution >= 0.6 is 0 Å². The van der Waals surface area contributed by atoms with Crippen LogP contribution in [0.4, 0.5) is 0 Å². The van der Waals surface area contributed by atoms with E-state index in [0.717, 1.165) is 31.4 Å². The Balaban J connectivity index is 2.02. The molecule has 1 fully saturated rings. The van der Waals surface area contributed by atoms with Crippen LogP contribution in [-0.2, 0) is 13.6 Å². The van der Waals surface area contributed by atoms with Gasteiger partial charge in [-0.25, -0.2) is 4.99 Å². The fourth-order valence-electron chi connectivity index (χ4n) is 1.95. The lowest BCUT2D eigenvalue weighted by Gasteiger charge is -2.20. The first-order chi connectivity index (χ1) is 8.31. The highest BCUT2D eigenvalue weighted by Crippen LogP contribution is 2.08. The Labute approximate surface area is 102 Å². The molecule has 17 heavy (non-hydrogen) atoms. The molecule has 6 nitrogen and oxygen atoms in total. The minimum absolute atomic E-state index is 0.579. The van der Waals surface area contributed by atoms with E-state index in [2.05, 4.69) is 32.3 Å². The minimum Gasteiger partial charge on any atom is -0.357 e. The quantitative estimate of drug-likeness (QED) is 0.609. The highest BCUT2D eigenvalue weighted by Gasteiger charge is 2.15. The highest BCUT2D eigenvalue weighted by atomic mass is 15.3. The van der Waals surface area contributed by atoms with Gasteiger partial charge in [0.05, 0.1) is 0 Å². The van der Waals surface area contributed by atoms with Gasteiger partial charge in [0, 0.05) is 26.7 Å². The van der Waals surface area contributed by atoms with Gasteiger partial charge in [0.1, 0.15) is 12.9 Å². The summed E-state index contributed by atoms with van der Waals surface area (Å²) >= 11 is 0. The molecule has 0 amide bonds. The summed E-state index contributed by atoms with van der Waals surface area (Å²) in [7, 11) is 1.94. The van der Waals surface area contributed by atoms with Crippen LogP contribution in [0.15, 0.2) is 11.3 Å². The molecular weight excluding hydrogens is 216 g/mol. The first-order valence-electron chi connectivity index (χ1n) is 6.17. The average molecular weight is 236 g/mol. The van der Waals surface area contributed by atoms with Gasteiger partial charge in [-0.15, -0.1) is 10.2 Å². The predicted molar refractivity (Wildman–Crippen MR) is 66.6 cm³/mol. The molecule has 1 aliphatic rings. The van der Waals surface area contributed by atoms with Crippen LogP contribution in [0.1, 0.15) is 25.6 Å². The van der Waals surface area contributed by atoms with Crippen molar-refractivity contribution in [3.8, 4) is 0 Å². The van der Waals surface area contributed by atoms with Gasteiger partial charge in [-0.05, 0) is 19.8 Å². The summed E-state index contributed by atoms with van der Waals surface area (Å²) in [6, 6.07) is 0. The van der Waals surface area contributed by atoms with E-state index >= 15 is 0 Å². The minimum atomic E-state index is 0.579. The number of aryl methyl sites for hydroxylation is 1. The molecule has 0 saturated carbocycles.